The fourth-order valence-electron chi connectivity index (χ4n) is 4.83. The van der Waals surface area contributed by atoms with E-state index in [1.54, 1.807) is 43.6 Å². The van der Waals surface area contributed by atoms with E-state index in [0.29, 0.717) is 36.0 Å². The van der Waals surface area contributed by atoms with Crippen LogP contribution in [0.5, 0.6) is 17.2 Å². The van der Waals surface area contributed by atoms with E-state index in [1.807, 2.05) is 24.4 Å². The number of carbonyl (C=O) groups excluding carboxylic acids is 1. The molecule has 12 heteroatoms. The minimum absolute atomic E-state index is 0.115. The van der Waals surface area contributed by atoms with Crippen LogP contribution in [0.15, 0.2) is 102 Å². The minimum atomic E-state index is -0.650. The molecule has 0 radical (unpaired) electrons. The van der Waals surface area contributed by atoms with Crippen molar-refractivity contribution in [2.75, 3.05) is 32.7 Å². The number of carbonyl (C=O) groups is 1. The molecular formula is C35H30FN5O5S. The lowest BCUT2D eigenvalue weighted by molar-refractivity contribution is 0.102. The van der Waals surface area contributed by atoms with Crippen molar-refractivity contribution in [3.8, 4) is 33.5 Å². The Bertz CT molecular complexity index is 2060. The van der Waals surface area contributed by atoms with Crippen molar-refractivity contribution in [1.82, 2.24) is 19.9 Å². The normalized spacial score (nSPS) is 11.0. The number of hydrogen-bond donors (Lipinski definition) is 2. The molecule has 1 amide bonds. The number of methoxy groups -OCH3 is 2. The number of benzene rings is 2. The summed E-state index contributed by atoms with van der Waals surface area (Å²) < 4.78 is 32.1. The fourth-order valence-corrected chi connectivity index (χ4v) is 5.88. The predicted octanol–water partition coefficient (Wildman–Crippen LogP) is 6.44. The maximum atomic E-state index is 13.4. The number of anilines is 1. The molecule has 0 bridgehead atoms. The van der Waals surface area contributed by atoms with Crippen molar-refractivity contribution in [1.29, 1.82) is 0 Å². The Morgan fingerprint density at radius 2 is 1.77 bits per heavy atom. The molecular weight excluding hydrogens is 621 g/mol. The van der Waals surface area contributed by atoms with Crippen LogP contribution in [0, 0.1) is 5.82 Å². The van der Waals surface area contributed by atoms with E-state index < -0.39 is 17.3 Å². The van der Waals surface area contributed by atoms with Gasteiger partial charge in [0, 0.05) is 56.2 Å². The Labute approximate surface area is 273 Å². The lowest BCUT2D eigenvalue weighted by atomic mass is 10.2. The first kappa shape index (κ1) is 31.5. The standard InChI is InChI=1S/C35H30FN5O5S/c1-44-18-16-37-20-22-3-12-27(39-21-22)31-19-28-33(47-31)30(13-15-38-28)46-26-10-6-24(7-11-26)40-34(42)32-29(45-2)14-17-41(35(32)43)25-8-4-23(36)5-9-25/h3-15,17,19,21,37H,16,18,20H2,1-2H3,(H,40,42). The first-order chi connectivity index (χ1) is 22.9. The van der Waals surface area contributed by atoms with Gasteiger partial charge in [0.05, 0.1) is 34.5 Å². The number of aromatic nitrogens is 3. The van der Waals surface area contributed by atoms with E-state index in [0.717, 1.165) is 32.9 Å². The van der Waals surface area contributed by atoms with Crippen LogP contribution in [-0.4, -0.2) is 47.8 Å². The lowest BCUT2D eigenvalue weighted by Gasteiger charge is -2.13. The molecule has 238 valence electrons. The number of rotatable bonds is 12. The first-order valence-electron chi connectivity index (χ1n) is 14.6. The van der Waals surface area contributed by atoms with Gasteiger partial charge >= 0.3 is 0 Å². The second-order valence-corrected chi connectivity index (χ2v) is 11.4. The highest BCUT2D eigenvalue weighted by atomic mass is 32.1. The summed E-state index contributed by atoms with van der Waals surface area (Å²) in [5.41, 5.74) is 2.79. The van der Waals surface area contributed by atoms with Crippen molar-refractivity contribution in [3.63, 3.8) is 0 Å². The van der Waals surface area contributed by atoms with Crippen molar-refractivity contribution in [2.24, 2.45) is 0 Å². The van der Waals surface area contributed by atoms with Gasteiger partial charge in [0.25, 0.3) is 11.5 Å². The second kappa shape index (κ2) is 14.3. The van der Waals surface area contributed by atoms with Crippen LogP contribution in [0.1, 0.15) is 15.9 Å². The van der Waals surface area contributed by atoms with E-state index in [2.05, 4.69) is 20.6 Å². The summed E-state index contributed by atoms with van der Waals surface area (Å²) in [6.45, 7) is 2.13. The highest BCUT2D eigenvalue weighted by molar-refractivity contribution is 7.22. The Morgan fingerprint density at radius 1 is 0.957 bits per heavy atom. The molecule has 0 aliphatic carbocycles. The van der Waals surface area contributed by atoms with Crippen LogP contribution in [0.3, 0.4) is 0 Å². The van der Waals surface area contributed by atoms with Crippen LogP contribution < -0.4 is 25.7 Å². The molecule has 6 rings (SSSR count). The van der Waals surface area contributed by atoms with Crippen LogP contribution >= 0.6 is 11.3 Å². The molecule has 2 N–H and O–H groups in total. The Hall–Kier alpha value is -5.43. The summed E-state index contributed by atoms with van der Waals surface area (Å²) in [5, 5.41) is 6.06. The molecule has 47 heavy (non-hydrogen) atoms. The largest absolute Gasteiger partial charge is 0.496 e. The van der Waals surface area contributed by atoms with E-state index in [1.165, 1.54) is 59.5 Å². The van der Waals surface area contributed by atoms with Gasteiger partial charge in [0.15, 0.2) is 0 Å². The van der Waals surface area contributed by atoms with E-state index in [9.17, 15) is 14.0 Å². The van der Waals surface area contributed by atoms with E-state index in [-0.39, 0.29) is 11.3 Å². The molecule has 0 saturated carbocycles. The molecule has 0 aliphatic rings. The second-order valence-electron chi connectivity index (χ2n) is 10.3. The predicted molar refractivity (Wildman–Crippen MR) is 179 cm³/mol. The summed E-state index contributed by atoms with van der Waals surface area (Å²) in [6.07, 6.45) is 5.03. The van der Waals surface area contributed by atoms with Gasteiger partial charge in [-0.25, -0.2) is 4.39 Å². The zero-order chi connectivity index (χ0) is 32.8. The van der Waals surface area contributed by atoms with Gasteiger partial charge in [-0.15, -0.1) is 11.3 Å². The van der Waals surface area contributed by atoms with Gasteiger partial charge in [0.2, 0.25) is 0 Å². The van der Waals surface area contributed by atoms with Gasteiger partial charge in [-0.2, -0.15) is 0 Å². The minimum Gasteiger partial charge on any atom is -0.496 e. The summed E-state index contributed by atoms with van der Waals surface area (Å²) in [7, 11) is 3.06. The number of thiophene rings is 1. The lowest BCUT2D eigenvalue weighted by Crippen LogP contribution is -2.28. The number of pyridine rings is 3. The molecule has 4 heterocycles. The molecule has 0 aliphatic heterocycles. The van der Waals surface area contributed by atoms with Crippen LogP contribution in [0.2, 0.25) is 0 Å². The molecule has 0 spiro atoms. The quantitative estimate of drug-likeness (QED) is 0.145. The maximum Gasteiger partial charge on any atom is 0.271 e. The van der Waals surface area contributed by atoms with Crippen molar-refractivity contribution < 1.29 is 23.4 Å². The molecule has 2 aromatic carbocycles. The summed E-state index contributed by atoms with van der Waals surface area (Å²) >= 11 is 1.54. The van der Waals surface area contributed by atoms with Gasteiger partial charge in [-0.1, -0.05) is 6.07 Å². The number of hydrogen-bond acceptors (Lipinski definition) is 9. The molecule has 10 nitrogen and oxygen atoms in total. The third-order valence-corrected chi connectivity index (χ3v) is 8.37. The van der Waals surface area contributed by atoms with Crippen molar-refractivity contribution in [3.05, 3.63) is 125 Å². The number of ether oxygens (including phenoxy) is 3. The molecule has 4 aromatic heterocycles. The van der Waals surface area contributed by atoms with Gasteiger partial charge < -0.3 is 24.8 Å². The molecule has 0 saturated heterocycles. The highest BCUT2D eigenvalue weighted by Gasteiger charge is 2.20. The number of nitrogens with one attached hydrogen (secondary N) is 2. The summed E-state index contributed by atoms with van der Waals surface area (Å²) in [6, 6.07) is 21.5. The first-order valence-corrected chi connectivity index (χ1v) is 15.4. The van der Waals surface area contributed by atoms with Gasteiger partial charge in [0.1, 0.15) is 28.6 Å². The average molecular weight is 652 g/mol. The van der Waals surface area contributed by atoms with Crippen LogP contribution in [0.25, 0.3) is 26.5 Å². The van der Waals surface area contributed by atoms with Crippen LogP contribution in [-0.2, 0) is 11.3 Å². The summed E-state index contributed by atoms with van der Waals surface area (Å²) in [4.78, 5) is 36.7. The molecule has 0 atom stereocenters. The third kappa shape index (κ3) is 7.20. The number of nitrogens with zero attached hydrogens (tertiary/aromatic N) is 3. The Morgan fingerprint density at radius 3 is 2.49 bits per heavy atom. The van der Waals surface area contributed by atoms with Crippen molar-refractivity contribution >= 4 is 33.1 Å². The molecule has 6 aromatic rings. The topological polar surface area (TPSA) is 117 Å². The highest BCUT2D eigenvalue weighted by Crippen LogP contribution is 2.38. The maximum absolute atomic E-state index is 13.4. The van der Waals surface area contributed by atoms with E-state index in [4.69, 9.17) is 14.2 Å². The average Bonchev–Trinajstić information content (AvgIpc) is 3.54. The summed E-state index contributed by atoms with van der Waals surface area (Å²) in [5.74, 6) is 0.213. The molecule has 0 fully saturated rings. The molecule has 0 unspecified atom stereocenters. The zero-order valence-corrected chi connectivity index (χ0v) is 26.3. The third-order valence-electron chi connectivity index (χ3n) is 7.21. The SMILES string of the molecule is COCCNCc1ccc(-c2cc3nccc(Oc4ccc(NC(=O)c5c(OC)ccn(-c6ccc(F)cc6)c5=O)cc4)c3s2)nc1. The number of fused-ring (bicyclic) bond motifs is 1. The van der Waals surface area contributed by atoms with Crippen LogP contribution in [0.4, 0.5) is 10.1 Å². The van der Waals surface area contributed by atoms with Crippen molar-refractivity contribution in [2.45, 2.75) is 6.54 Å². The smallest absolute Gasteiger partial charge is 0.271 e. The van der Waals surface area contributed by atoms with Gasteiger partial charge in [-0.3, -0.25) is 24.1 Å². The fraction of sp³-hybridized carbons (Fsp3) is 0.143. The monoisotopic (exact) mass is 651 g/mol. The Kier molecular flexibility index (Phi) is 9.62. The Balaban J connectivity index is 1.16. The number of amides is 1. The van der Waals surface area contributed by atoms with Gasteiger partial charge in [-0.05, 0) is 72.3 Å². The zero-order valence-electron chi connectivity index (χ0n) is 25.5. The number of halogens is 1. The van der Waals surface area contributed by atoms with E-state index >= 15 is 0 Å².